The minimum atomic E-state index is -0.925. The molecular formula is C17H22N4O3. The average Bonchev–Trinajstić information content (AvgIpc) is 2.85. The molecule has 0 saturated heterocycles. The fourth-order valence-corrected chi connectivity index (χ4v) is 2.47. The summed E-state index contributed by atoms with van der Waals surface area (Å²) in [6, 6.07) is 5.29. The molecule has 0 fully saturated rings. The molecule has 2 aromatic rings. The summed E-state index contributed by atoms with van der Waals surface area (Å²) in [6.45, 7) is 7.73. The van der Waals surface area contributed by atoms with Crippen molar-refractivity contribution in [2.75, 3.05) is 6.54 Å². The SMILES string of the molecule is Cc1cc(C)n(-c2ccc(C(=O)N(CCC(=O)O)C(C)C)cn2)n1. The van der Waals surface area contributed by atoms with Crippen molar-refractivity contribution in [2.45, 2.75) is 40.2 Å². The van der Waals surface area contributed by atoms with Crippen LogP contribution in [0.5, 0.6) is 0 Å². The number of hydrogen-bond acceptors (Lipinski definition) is 4. The Labute approximate surface area is 140 Å². The second kappa shape index (κ2) is 7.25. The molecule has 0 saturated carbocycles. The number of aryl methyl sites for hydroxylation is 2. The monoisotopic (exact) mass is 330 g/mol. The third kappa shape index (κ3) is 3.98. The first-order chi connectivity index (χ1) is 11.3. The predicted molar refractivity (Wildman–Crippen MR) is 89.3 cm³/mol. The first-order valence-corrected chi connectivity index (χ1v) is 7.82. The molecule has 2 rings (SSSR count). The Hall–Kier alpha value is -2.70. The summed E-state index contributed by atoms with van der Waals surface area (Å²) in [7, 11) is 0. The highest BCUT2D eigenvalue weighted by Crippen LogP contribution is 2.13. The zero-order valence-electron chi connectivity index (χ0n) is 14.4. The van der Waals surface area contributed by atoms with Gasteiger partial charge in [-0.1, -0.05) is 0 Å². The van der Waals surface area contributed by atoms with Gasteiger partial charge in [0, 0.05) is 24.5 Å². The largest absolute Gasteiger partial charge is 0.481 e. The zero-order chi connectivity index (χ0) is 17.9. The Morgan fingerprint density at radius 3 is 2.46 bits per heavy atom. The maximum absolute atomic E-state index is 12.6. The molecule has 1 amide bonds. The summed E-state index contributed by atoms with van der Waals surface area (Å²) in [5.41, 5.74) is 2.29. The van der Waals surface area contributed by atoms with Crippen LogP contribution in [-0.2, 0) is 4.79 Å². The Morgan fingerprint density at radius 1 is 1.29 bits per heavy atom. The number of carbonyl (C=O) groups excluding carboxylic acids is 1. The third-order valence-electron chi connectivity index (χ3n) is 3.67. The second-order valence-corrected chi connectivity index (χ2v) is 5.98. The summed E-state index contributed by atoms with van der Waals surface area (Å²) >= 11 is 0. The van der Waals surface area contributed by atoms with Gasteiger partial charge >= 0.3 is 5.97 Å². The fraction of sp³-hybridized carbons (Fsp3) is 0.412. The fourth-order valence-electron chi connectivity index (χ4n) is 2.47. The standard InChI is InChI=1S/C17H22N4O3/c1-11(2)20(8-7-16(22)23)17(24)14-5-6-15(18-10-14)21-13(4)9-12(3)19-21/h5-6,9-11H,7-8H2,1-4H3,(H,22,23). The molecule has 7 heteroatoms. The van der Waals surface area contributed by atoms with Crippen molar-refractivity contribution in [3.63, 3.8) is 0 Å². The van der Waals surface area contributed by atoms with E-state index in [-0.39, 0.29) is 24.9 Å². The van der Waals surface area contributed by atoms with Crippen LogP contribution in [0, 0.1) is 13.8 Å². The summed E-state index contributed by atoms with van der Waals surface area (Å²) in [5, 5.41) is 13.2. The van der Waals surface area contributed by atoms with Crippen LogP contribution >= 0.6 is 0 Å². The van der Waals surface area contributed by atoms with Crippen molar-refractivity contribution in [1.29, 1.82) is 0 Å². The van der Waals surface area contributed by atoms with Crippen molar-refractivity contribution in [1.82, 2.24) is 19.7 Å². The van der Waals surface area contributed by atoms with Crippen LogP contribution in [0.1, 0.15) is 42.0 Å². The van der Waals surface area contributed by atoms with Gasteiger partial charge in [0.15, 0.2) is 5.82 Å². The second-order valence-electron chi connectivity index (χ2n) is 5.98. The van der Waals surface area contributed by atoms with Gasteiger partial charge in [0.25, 0.3) is 5.91 Å². The maximum Gasteiger partial charge on any atom is 0.305 e. The van der Waals surface area contributed by atoms with Crippen LogP contribution in [0.3, 0.4) is 0 Å². The molecule has 0 bridgehead atoms. The van der Waals surface area contributed by atoms with Gasteiger partial charge in [0.2, 0.25) is 0 Å². The van der Waals surface area contributed by atoms with E-state index in [9.17, 15) is 9.59 Å². The van der Waals surface area contributed by atoms with E-state index in [4.69, 9.17) is 5.11 Å². The van der Waals surface area contributed by atoms with Gasteiger partial charge < -0.3 is 10.0 Å². The van der Waals surface area contributed by atoms with Gasteiger partial charge in [-0.3, -0.25) is 9.59 Å². The molecule has 2 heterocycles. The van der Waals surface area contributed by atoms with Crippen LogP contribution < -0.4 is 0 Å². The zero-order valence-corrected chi connectivity index (χ0v) is 14.4. The number of hydrogen-bond donors (Lipinski definition) is 1. The van der Waals surface area contributed by atoms with E-state index in [1.165, 1.54) is 11.1 Å². The van der Waals surface area contributed by atoms with Crippen LogP contribution in [0.2, 0.25) is 0 Å². The lowest BCUT2D eigenvalue weighted by Gasteiger charge is -2.26. The number of nitrogens with zero attached hydrogens (tertiary/aromatic N) is 4. The number of carboxylic acids is 1. The van der Waals surface area contributed by atoms with Crippen LogP contribution in [-0.4, -0.2) is 49.2 Å². The summed E-state index contributed by atoms with van der Waals surface area (Å²) in [6.07, 6.45) is 1.42. The lowest BCUT2D eigenvalue weighted by atomic mass is 10.2. The topological polar surface area (TPSA) is 88.3 Å². The molecule has 128 valence electrons. The molecule has 0 atom stereocenters. The van der Waals surface area contributed by atoms with Gasteiger partial charge in [-0.25, -0.2) is 9.67 Å². The van der Waals surface area contributed by atoms with Crippen LogP contribution in [0.4, 0.5) is 0 Å². The van der Waals surface area contributed by atoms with E-state index in [2.05, 4.69) is 10.1 Å². The molecule has 2 aromatic heterocycles. The first kappa shape index (κ1) is 17.7. The van der Waals surface area contributed by atoms with Crippen molar-refractivity contribution < 1.29 is 14.7 Å². The smallest absolute Gasteiger partial charge is 0.305 e. The molecule has 0 aliphatic carbocycles. The normalized spacial score (nSPS) is 10.9. The van der Waals surface area contributed by atoms with E-state index in [1.54, 1.807) is 16.8 Å². The average molecular weight is 330 g/mol. The minimum Gasteiger partial charge on any atom is -0.481 e. The molecule has 0 spiro atoms. The van der Waals surface area contributed by atoms with E-state index >= 15 is 0 Å². The Morgan fingerprint density at radius 2 is 2.00 bits per heavy atom. The molecule has 0 aliphatic rings. The number of rotatable bonds is 6. The van der Waals surface area contributed by atoms with Crippen molar-refractivity contribution in [3.8, 4) is 5.82 Å². The van der Waals surface area contributed by atoms with E-state index in [1.807, 2.05) is 33.8 Å². The van der Waals surface area contributed by atoms with E-state index < -0.39 is 5.97 Å². The van der Waals surface area contributed by atoms with Gasteiger partial charge in [0.1, 0.15) is 0 Å². The summed E-state index contributed by atoms with van der Waals surface area (Å²) < 4.78 is 1.72. The van der Waals surface area contributed by atoms with Crippen LogP contribution in [0.15, 0.2) is 24.4 Å². The highest BCUT2D eigenvalue weighted by molar-refractivity contribution is 5.94. The highest BCUT2D eigenvalue weighted by atomic mass is 16.4. The van der Waals surface area contributed by atoms with Crippen molar-refractivity contribution in [2.24, 2.45) is 0 Å². The van der Waals surface area contributed by atoms with Gasteiger partial charge in [-0.05, 0) is 45.9 Å². The Kier molecular flexibility index (Phi) is 5.33. The van der Waals surface area contributed by atoms with Crippen LogP contribution in [0.25, 0.3) is 5.82 Å². The molecule has 0 radical (unpaired) electrons. The number of aliphatic carboxylic acids is 1. The number of carboxylic acid groups (broad SMARTS) is 1. The van der Waals surface area contributed by atoms with E-state index in [0.29, 0.717) is 11.4 Å². The molecule has 0 aliphatic heterocycles. The molecule has 24 heavy (non-hydrogen) atoms. The number of amides is 1. The summed E-state index contributed by atoms with van der Waals surface area (Å²) in [5.74, 6) is -0.510. The van der Waals surface area contributed by atoms with Gasteiger partial charge in [-0.15, -0.1) is 0 Å². The highest BCUT2D eigenvalue weighted by Gasteiger charge is 2.20. The molecular weight excluding hydrogens is 308 g/mol. The maximum atomic E-state index is 12.6. The number of pyridine rings is 1. The molecule has 0 unspecified atom stereocenters. The third-order valence-corrected chi connectivity index (χ3v) is 3.67. The summed E-state index contributed by atoms with van der Waals surface area (Å²) in [4.78, 5) is 29.2. The van der Waals surface area contributed by atoms with Gasteiger partial charge in [0.05, 0.1) is 17.7 Å². The first-order valence-electron chi connectivity index (χ1n) is 7.82. The number of aromatic nitrogens is 3. The Balaban J connectivity index is 2.20. The van der Waals surface area contributed by atoms with E-state index in [0.717, 1.165) is 11.4 Å². The molecule has 1 N–H and O–H groups in total. The lowest BCUT2D eigenvalue weighted by molar-refractivity contribution is -0.137. The van der Waals surface area contributed by atoms with Gasteiger partial charge in [-0.2, -0.15) is 5.10 Å². The van der Waals surface area contributed by atoms with Crippen molar-refractivity contribution in [3.05, 3.63) is 41.3 Å². The quantitative estimate of drug-likeness (QED) is 0.877. The Bertz CT molecular complexity index is 735. The minimum absolute atomic E-state index is 0.0822. The lowest BCUT2D eigenvalue weighted by Crippen LogP contribution is -2.38. The molecule has 7 nitrogen and oxygen atoms in total. The number of carbonyl (C=O) groups is 2. The molecule has 0 aromatic carbocycles. The van der Waals surface area contributed by atoms with Crippen molar-refractivity contribution >= 4 is 11.9 Å². The predicted octanol–water partition coefficient (Wildman–Crippen LogP) is 2.21.